The van der Waals surface area contributed by atoms with E-state index >= 15 is 0 Å². The molecular formula is C22H24N8O3. The Bertz CT molecular complexity index is 1330. The first-order valence-corrected chi connectivity index (χ1v) is 10.4. The number of nitrogens with zero attached hydrogens (tertiary/aromatic N) is 5. The van der Waals surface area contributed by atoms with Gasteiger partial charge in [-0.25, -0.2) is 9.97 Å². The summed E-state index contributed by atoms with van der Waals surface area (Å²) in [5.74, 6) is 1.01. The predicted octanol–water partition coefficient (Wildman–Crippen LogP) is 1.42. The van der Waals surface area contributed by atoms with Crippen molar-refractivity contribution < 1.29 is 9.90 Å². The lowest BCUT2D eigenvalue weighted by Gasteiger charge is -2.12. The summed E-state index contributed by atoms with van der Waals surface area (Å²) >= 11 is 0. The van der Waals surface area contributed by atoms with Crippen LogP contribution in [0.2, 0.25) is 0 Å². The molecule has 0 saturated heterocycles. The van der Waals surface area contributed by atoms with E-state index in [0.29, 0.717) is 35.3 Å². The quantitative estimate of drug-likeness (QED) is 0.317. The van der Waals surface area contributed by atoms with E-state index in [1.807, 2.05) is 6.92 Å². The van der Waals surface area contributed by atoms with Crippen LogP contribution in [0.25, 0.3) is 11.5 Å². The summed E-state index contributed by atoms with van der Waals surface area (Å²) in [7, 11) is 1.72. The fourth-order valence-corrected chi connectivity index (χ4v) is 3.20. The number of hydrogen-bond acceptors (Lipinski definition) is 8. The van der Waals surface area contributed by atoms with E-state index in [1.165, 1.54) is 15.3 Å². The van der Waals surface area contributed by atoms with E-state index in [4.69, 9.17) is 0 Å². The Morgan fingerprint density at radius 2 is 2.09 bits per heavy atom. The topological polar surface area (TPSA) is 138 Å². The number of amides is 1. The second kappa shape index (κ2) is 9.49. The highest BCUT2D eigenvalue weighted by Gasteiger charge is 2.18. The molecule has 0 fully saturated rings. The highest BCUT2D eigenvalue weighted by molar-refractivity contribution is 6.00. The zero-order chi connectivity index (χ0) is 23.4. The van der Waals surface area contributed by atoms with Crippen molar-refractivity contribution in [1.29, 1.82) is 0 Å². The van der Waals surface area contributed by atoms with Crippen LogP contribution in [0.3, 0.4) is 0 Å². The number of hydrogen-bond donors (Lipinski definition) is 4. The van der Waals surface area contributed by atoms with Gasteiger partial charge in [-0.1, -0.05) is 13.0 Å². The lowest BCUT2D eigenvalue weighted by Crippen LogP contribution is -2.29. The Balaban J connectivity index is 1.69. The van der Waals surface area contributed by atoms with E-state index in [1.54, 1.807) is 55.8 Å². The van der Waals surface area contributed by atoms with Crippen LogP contribution < -0.4 is 21.5 Å². The molecular weight excluding hydrogens is 424 g/mol. The number of aliphatic hydroxyl groups is 1. The van der Waals surface area contributed by atoms with Crippen molar-refractivity contribution in [3.05, 3.63) is 70.9 Å². The molecule has 1 amide bonds. The van der Waals surface area contributed by atoms with Crippen LogP contribution in [0.1, 0.15) is 17.3 Å². The number of anilines is 3. The van der Waals surface area contributed by atoms with Crippen LogP contribution in [0.5, 0.6) is 0 Å². The third-order valence-corrected chi connectivity index (χ3v) is 5.00. The first kappa shape index (κ1) is 22.0. The first-order chi connectivity index (χ1) is 16.0. The summed E-state index contributed by atoms with van der Waals surface area (Å²) in [5.41, 5.74) is 0.594. The van der Waals surface area contributed by atoms with Gasteiger partial charge in [0.25, 0.3) is 11.5 Å². The predicted molar refractivity (Wildman–Crippen MR) is 124 cm³/mol. The monoisotopic (exact) mass is 448 g/mol. The lowest BCUT2D eigenvalue weighted by molar-refractivity contribution is 0.0943. The Hall–Kier alpha value is -4.25. The number of fused-ring (bicyclic) bond motifs is 1. The Labute approximate surface area is 189 Å². The molecule has 4 rings (SSSR count). The van der Waals surface area contributed by atoms with Gasteiger partial charge in [0.15, 0.2) is 5.65 Å². The summed E-state index contributed by atoms with van der Waals surface area (Å²) in [6, 6.07) is 10.4. The van der Waals surface area contributed by atoms with Gasteiger partial charge in [0.2, 0.25) is 0 Å². The molecule has 0 aromatic carbocycles. The van der Waals surface area contributed by atoms with Crippen LogP contribution in [0.4, 0.5) is 17.3 Å². The fraction of sp³-hybridized carbons (Fsp3) is 0.227. The summed E-state index contributed by atoms with van der Waals surface area (Å²) in [6.45, 7) is 2.12. The molecule has 4 aromatic heterocycles. The van der Waals surface area contributed by atoms with Gasteiger partial charge in [0.05, 0.1) is 6.20 Å². The highest BCUT2D eigenvalue weighted by atomic mass is 16.3. The Kier molecular flexibility index (Phi) is 6.31. The fourth-order valence-electron chi connectivity index (χ4n) is 3.20. The van der Waals surface area contributed by atoms with Crippen LogP contribution >= 0.6 is 0 Å². The molecule has 170 valence electrons. The minimum absolute atomic E-state index is 0.0294. The summed E-state index contributed by atoms with van der Waals surface area (Å²) in [6.07, 6.45) is 4.69. The number of pyridine rings is 2. The number of carbonyl (C=O) groups excluding carboxylic acids is 1. The van der Waals surface area contributed by atoms with Crippen molar-refractivity contribution in [2.75, 3.05) is 30.8 Å². The summed E-state index contributed by atoms with van der Waals surface area (Å²) < 4.78 is 2.94. The zero-order valence-electron chi connectivity index (χ0n) is 18.2. The van der Waals surface area contributed by atoms with Crippen LogP contribution in [0, 0.1) is 5.92 Å². The molecule has 0 radical (unpaired) electrons. The number of aliphatic hydroxyl groups excluding tert-OH is 1. The van der Waals surface area contributed by atoms with Gasteiger partial charge in [0, 0.05) is 38.7 Å². The highest BCUT2D eigenvalue weighted by Crippen LogP contribution is 2.21. The third-order valence-electron chi connectivity index (χ3n) is 5.00. The number of nitrogens with one attached hydrogen (secondary N) is 3. The van der Waals surface area contributed by atoms with Crippen molar-refractivity contribution in [3.63, 3.8) is 0 Å². The van der Waals surface area contributed by atoms with Crippen LogP contribution in [-0.4, -0.2) is 55.4 Å². The number of aromatic nitrogens is 5. The molecule has 0 bridgehead atoms. The normalized spacial score (nSPS) is 11.8. The third kappa shape index (κ3) is 4.53. The van der Waals surface area contributed by atoms with Crippen LogP contribution in [0.15, 0.2) is 59.8 Å². The van der Waals surface area contributed by atoms with E-state index in [0.717, 1.165) is 0 Å². The maximum atomic E-state index is 13.0. The van der Waals surface area contributed by atoms with Crippen molar-refractivity contribution in [3.8, 4) is 5.82 Å². The van der Waals surface area contributed by atoms with Crippen LogP contribution in [-0.2, 0) is 0 Å². The second-order valence-corrected chi connectivity index (χ2v) is 7.48. The van der Waals surface area contributed by atoms with Crippen molar-refractivity contribution in [1.82, 2.24) is 29.5 Å². The molecule has 4 aromatic rings. The van der Waals surface area contributed by atoms with Crippen molar-refractivity contribution >= 4 is 28.9 Å². The Morgan fingerprint density at radius 3 is 2.82 bits per heavy atom. The molecule has 11 nitrogen and oxygen atoms in total. The molecule has 33 heavy (non-hydrogen) atoms. The number of rotatable bonds is 8. The largest absolute Gasteiger partial charge is 0.396 e. The molecule has 1 atom stereocenters. The minimum atomic E-state index is -0.353. The van der Waals surface area contributed by atoms with Gasteiger partial charge in [-0.15, -0.1) is 0 Å². The first-order valence-electron chi connectivity index (χ1n) is 10.4. The van der Waals surface area contributed by atoms with E-state index < -0.39 is 0 Å². The van der Waals surface area contributed by atoms with Gasteiger partial charge in [-0.3, -0.25) is 14.2 Å². The molecule has 11 heteroatoms. The molecule has 4 heterocycles. The zero-order valence-corrected chi connectivity index (χ0v) is 18.2. The molecule has 0 spiro atoms. The van der Waals surface area contributed by atoms with Gasteiger partial charge in [-0.2, -0.15) is 9.61 Å². The van der Waals surface area contributed by atoms with E-state index in [9.17, 15) is 14.7 Å². The standard InChI is InChI=1S/C22H24N8O3/c1-14(13-31)11-25-21(32)15-12-26-30-19(23-2)10-17(28-20(15)30)27-16-6-5-9-29(22(16)33)18-7-3-4-8-24-18/h3-10,12,14,23,31H,11,13H2,1-2H3,(H,25,32)(H,27,28)/t14-/m1/s1. The van der Waals surface area contributed by atoms with Crippen molar-refractivity contribution in [2.45, 2.75) is 6.92 Å². The molecule has 0 unspecified atom stereocenters. The van der Waals surface area contributed by atoms with Gasteiger partial charge >= 0.3 is 0 Å². The maximum Gasteiger partial charge on any atom is 0.279 e. The molecule has 0 saturated carbocycles. The minimum Gasteiger partial charge on any atom is -0.396 e. The molecule has 4 N–H and O–H groups in total. The summed E-state index contributed by atoms with van der Waals surface area (Å²) in [4.78, 5) is 34.4. The summed E-state index contributed by atoms with van der Waals surface area (Å²) in [5, 5.41) is 22.3. The molecule has 0 aliphatic carbocycles. The SMILES string of the molecule is CNc1cc(Nc2cccn(-c3ccccn3)c2=O)nc2c(C(=O)NC[C@@H](C)CO)cnn12. The molecule has 0 aliphatic heterocycles. The average Bonchev–Trinajstić information content (AvgIpc) is 3.27. The Morgan fingerprint density at radius 1 is 1.24 bits per heavy atom. The van der Waals surface area contributed by atoms with Gasteiger partial charge in [-0.05, 0) is 30.2 Å². The second-order valence-electron chi connectivity index (χ2n) is 7.48. The molecule has 0 aliphatic rings. The van der Waals surface area contributed by atoms with Crippen molar-refractivity contribution in [2.24, 2.45) is 5.92 Å². The maximum absolute atomic E-state index is 13.0. The smallest absolute Gasteiger partial charge is 0.279 e. The van der Waals surface area contributed by atoms with Gasteiger partial charge in [0.1, 0.15) is 28.7 Å². The average molecular weight is 448 g/mol. The number of carbonyl (C=O) groups is 1. The van der Waals surface area contributed by atoms with Gasteiger partial charge < -0.3 is 21.1 Å². The van der Waals surface area contributed by atoms with E-state index in [2.05, 4.69) is 31.0 Å². The van der Waals surface area contributed by atoms with E-state index in [-0.39, 0.29) is 29.6 Å². The lowest BCUT2D eigenvalue weighted by atomic mass is 10.2.